The molecule has 28 heavy (non-hydrogen) atoms. The van der Waals surface area contributed by atoms with Crippen LogP contribution in [0.5, 0.6) is 11.5 Å². The first-order valence-corrected chi connectivity index (χ1v) is 9.03. The summed E-state index contributed by atoms with van der Waals surface area (Å²) in [5.74, 6) is -0.982. The average Bonchev–Trinajstić information content (AvgIpc) is 2.69. The van der Waals surface area contributed by atoms with Gasteiger partial charge in [-0.15, -0.1) is 0 Å². The molecule has 150 valence electrons. The Morgan fingerprint density at radius 3 is 2.57 bits per heavy atom. The molecule has 1 unspecified atom stereocenters. The molecule has 2 aromatic rings. The van der Waals surface area contributed by atoms with E-state index in [1.54, 1.807) is 12.1 Å². The van der Waals surface area contributed by atoms with Crippen molar-refractivity contribution >= 4 is 17.6 Å². The Kier molecular flexibility index (Phi) is 7.80. The molecule has 7 heteroatoms. The molecule has 0 fully saturated rings. The summed E-state index contributed by atoms with van der Waals surface area (Å²) in [7, 11) is 1.47. The number of anilines is 1. The summed E-state index contributed by atoms with van der Waals surface area (Å²) in [6, 6.07) is 10.4. The zero-order valence-electron chi connectivity index (χ0n) is 16.2. The number of nitrogens with one attached hydrogen (secondary N) is 1. The third-order valence-electron chi connectivity index (χ3n) is 3.94. The SMILES string of the molecule is CCCCOc1ccc(C(=O)OC(C)C(=O)Nc2ccccc2F)cc1OC. The van der Waals surface area contributed by atoms with Gasteiger partial charge in [0.2, 0.25) is 0 Å². The molecular formula is C21H24FNO5. The monoisotopic (exact) mass is 389 g/mol. The molecule has 0 bridgehead atoms. The number of esters is 1. The molecule has 0 heterocycles. The maximum atomic E-state index is 13.6. The Labute approximate surface area is 163 Å². The number of hydrogen-bond acceptors (Lipinski definition) is 5. The van der Waals surface area contributed by atoms with E-state index in [4.69, 9.17) is 14.2 Å². The van der Waals surface area contributed by atoms with Gasteiger partial charge in [0, 0.05) is 0 Å². The topological polar surface area (TPSA) is 73.9 Å². The lowest BCUT2D eigenvalue weighted by Crippen LogP contribution is -2.30. The van der Waals surface area contributed by atoms with Crippen molar-refractivity contribution in [3.05, 3.63) is 53.8 Å². The number of hydrogen-bond donors (Lipinski definition) is 1. The van der Waals surface area contributed by atoms with Crippen LogP contribution in [0.2, 0.25) is 0 Å². The first-order chi connectivity index (χ1) is 13.5. The second-order valence-electron chi connectivity index (χ2n) is 6.08. The van der Waals surface area contributed by atoms with Crippen LogP contribution in [0, 0.1) is 5.82 Å². The molecule has 0 saturated heterocycles. The van der Waals surface area contributed by atoms with Gasteiger partial charge in [0.15, 0.2) is 17.6 Å². The standard InChI is InChI=1S/C21H24FNO5/c1-4-5-12-27-18-11-10-15(13-19(18)26-3)21(25)28-14(2)20(24)23-17-9-7-6-8-16(17)22/h6-11,13-14H,4-5,12H2,1-3H3,(H,23,24). The predicted molar refractivity (Wildman–Crippen MR) is 103 cm³/mol. The fraction of sp³-hybridized carbons (Fsp3) is 0.333. The van der Waals surface area contributed by atoms with Crippen molar-refractivity contribution in [3.63, 3.8) is 0 Å². The molecule has 1 N–H and O–H groups in total. The fourth-order valence-electron chi connectivity index (χ4n) is 2.32. The third kappa shape index (κ3) is 5.70. The zero-order chi connectivity index (χ0) is 20.5. The highest BCUT2D eigenvalue weighted by Crippen LogP contribution is 2.28. The Morgan fingerprint density at radius 2 is 1.89 bits per heavy atom. The second-order valence-corrected chi connectivity index (χ2v) is 6.08. The van der Waals surface area contributed by atoms with Crippen molar-refractivity contribution < 1.29 is 28.2 Å². The van der Waals surface area contributed by atoms with E-state index in [1.165, 1.54) is 44.4 Å². The first kappa shape index (κ1) is 21.2. The van der Waals surface area contributed by atoms with Gasteiger partial charge in [-0.2, -0.15) is 0 Å². The summed E-state index contributed by atoms with van der Waals surface area (Å²) in [6.07, 6.45) is 0.791. The zero-order valence-corrected chi connectivity index (χ0v) is 16.2. The number of carbonyl (C=O) groups excluding carboxylic acids is 2. The van der Waals surface area contributed by atoms with Crippen LogP contribution in [-0.2, 0) is 9.53 Å². The van der Waals surface area contributed by atoms with Gasteiger partial charge in [-0.3, -0.25) is 4.79 Å². The van der Waals surface area contributed by atoms with Crippen LogP contribution in [0.3, 0.4) is 0 Å². The molecule has 1 atom stereocenters. The van der Waals surface area contributed by atoms with Crippen LogP contribution in [0.15, 0.2) is 42.5 Å². The Balaban J connectivity index is 2.01. The van der Waals surface area contributed by atoms with Crippen LogP contribution in [0.4, 0.5) is 10.1 Å². The molecule has 0 aliphatic rings. The highest BCUT2D eigenvalue weighted by Gasteiger charge is 2.21. The predicted octanol–water partition coefficient (Wildman–Crippen LogP) is 4.20. The van der Waals surface area contributed by atoms with Crippen LogP contribution in [0.1, 0.15) is 37.0 Å². The normalized spacial score (nSPS) is 11.4. The summed E-state index contributed by atoms with van der Waals surface area (Å²) >= 11 is 0. The van der Waals surface area contributed by atoms with Crippen molar-refractivity contribution in [1.82, 2.24) is 0 Å². The lowest BCUT2D eigenvalue weighted by Gasteiger charge is -2.15. The van der Waals surface area contributed by atoms with Crippen molar-refractivity contribution in [1.29, 1.82) is 0 Å². The van der Waals surface area contributed by atoms with Gasteiger partial charge in [0.1, 0.15) is 5.82 Å². The minimum atomic E-state index is -1.11. The van der Waals surface area contributed by atoms with E-state index < -0.39 is 23.8 Å². The summed E-state index contributed by atoms with van der Waals surface area (Å²) < 4.78 is 29.7. The van der Waals surface area contributed by atoms with Crippen LogP contribution in [-0.4, -0.2) is 31.7 Å². The lowest BCUT2D eigenvalue weighted by molar-refractivity contribution is -0.123. The molecule has 0 aromatic heterocycles. The van der Waals surface area contributed by atoms with E-state index in [9.17, 15) is 14.0 Å². The summed E-state index contributed by atoms with van der Waals surface area (Å²) in [5, 5.41) is 2.39. The highest BCUT2D eigenvalue weighted by atomic mass is 19.1. The van der Waals surface area contributed by atoms with Gasteiger partial charge >= 0.3 is 5.97 Å². The molecule has 0 aliphatic carbocycles. The minimum absolute atomic E-state index is 0.0191. The largest absolute Gasteiger partial charge is 0.493 e. The van der Waals surface area contributed by atoms with Gasteiger partial charge in [-0.05, 0) is 43.7 Å². The number of unbranched alkanes of at least 4 members (excludes halogenated alkanes) is 1. The molecule has 0 spiro atoms. The Morgan fingerprint density at radius 1 is 1.14 bits per heavy atom. The smallest absolute Gasteiger partial charge is 0.339 e. The van der Waals surface area contributed by atoms with Gasteiger partial charge in [0.25, 0.3) is 5.91 Å². The van der Waals surface area contributed by atoms with E-state index in [-0.39, 0.29) is 11.3 Å². The number of para-hydroxylation sites is 1. The molecule has 2 rings (SSSR count). The number of carbonyl (C=O) groups is 2. The third-order valence-corrected chi connectivity index (χ3v) is 3.94. The summed E-state index contributed by atoms with van der Waals surface area (Å²) in [5.41, 5.74) is 0.232. The average molecular weight is 389 g/mol. The molecule has 0 radical (unpaired) electrons. The summed E-state index contributed by atoms with van der Waals surface area (Å²) in [4.78, 5) is 24.5. The minimum Gasteiger partial charge on any atom is -0.493 e. The lowest BCUT2D eigenvalue weighted by atomic mass is 10.2. The number of amides is 1. The molecule has 2 aromatic carbocycles. The molecule has 0 aliphatic heterocycles. The van der Waals surface area contributed by atoms with Crippen molar-refractivity contribution in [3.8, 4) is 11.5 Å². The van der Waals surface area contributed by atoms with Crippen molar-refractivity contribution in [2.24, 2.45) is 0 Å². The number of rotatable bonds is 9. The first-order valence-electron chi connectivity index (χ1n) is 9.03. The van der Waals surface area contributed by atoms with Crippen molar-refractivity contribution in [2.75, 3.05) is 19.0 Å². The molecule has 6 nitrogen and oxygen atoms in total. The van der Waals surface area contributed by atoms with Crippen LogP contribution >= 0.6 is 0 Å². The van der Waals surface area contributed by atoms with E-state index in [0.29, 0.717) is 18.1 Å². The fourth-order valence-corrected chi connectivity index (χ4v) is 2.32. The molecule has 0 saturated carbocycles. The molecular weight excluding hydrogens is 365 g/mol. The number of benzene rings is 2. The van der Waals surface area contributed by atoms with Crippen molar-refractivity contribution in [2.45, 2.75) is 32.8 Å². The van der Waals surface area contributed by atoms with E-state index in [2.05, 4.69) is 12.2 Å². The second kappa shape index (κ2) is 10.3. The van der Waals surface area contributed by atoms with E-state index >= 15 is 0 Å². The highest BCUT2D eigenvalue weighted by molar-refractivity contribution is 5.97. The quantitative estimate of drug-likeness (QED) is 0.514. The van der Waals surface area contributed by atoms with Crippen LogP contribution < -0.4 is 14.8 Å². The van der Waals surface area contributed by atoms with Gasteiger partial charge in [-0.25, -0.2) is 9.18 Å². The number of methoxy groups -OCH3 is 1. The molecule has 1 amide bonds. The van der Waals surface area contributed by atoms with Gasteiger partial charge in [0.05, 0.1) is 25.0 Å². The Hall–Kier alpha value is -3.09. The summed E-state index contributed by atoms with van der Waals surface area (Å²) in [6.45, 7) is 4.01. The van der Waals surface area contributed by atoms with E-state index in [1.807, 2.05) is 0 Å². The maximum Gasteiger partial charge on any atom is 0.339 e. The van der Waals surface area contributed by atoms with Crippen LogP contribution in [0.25, 0.3) is 0 Å². The van der Waals surface area contributed by atoms with Gasteiger partial charge < -0.3 is 19.5 Å². The number of ether oxygens (including phenoxy) is 3. The number of halogens is 1. The van der Waals surface area contributed by atoms with Gasteiger partial charge in [-0.1, -0.05) is 25.5 Å². The Bertz CT molecular complexity index is 824. The van der Waals surface area contributed by atoms with E-state index in [0.717, 1.165) is 12.8 Å². The maximum absolute atomic E-state index is 13.6.